The Balaban J connectivity index is 1.21. The molecule has 0 radical (unpaired) electrons. The minimum absolute atomic E-state index is 0.109. The number of fused-ring (bicyclic) bond motifs is 1. The maximum absolute atomic E-state index is 12.9. The molecule has 2 fully saturated rings. The van der Waals surface area contributed by atoms with Crippen molar-refractivity contribution in [2.24, 2.45) is 0 Å². The van der Waals surface area contributed by atoms with Crippen molar-refractivity contribution in [1.82, 2.24) is 20.9 Å². The average Bonchev–Trinajstić information content (AvgIpc) is 3.43. The molecule has 170 valence electrons. The first-order valence-electron chi connectivity index (χ1n) is 11.4. The second kappa shape index (κ2) is 8.88. The monoisotopic (exact) mass is 446 g/mol. The summed E-state index contributed by atoms with van der Waals surface area (Å²) in [4.78, 5) is 50.3. The van der Waals surface area contributed by atoms with Crippen molar-refractivity contribution in [3.63, 3.8) is 0 Å². The Bertz CT molecular complexity index is 1120. The molecule has 0 spiro atoms. The number of piperidine rings is 1. The summed E-state index contributed by atoms with van der Waals surface area (Å²) < 4.78 is 0. The van der Waals surface area contributed by atoms with Gasteiger partial charge in [-0.05, 0) is 54.1 Å². The maximum atomic E-state index is 12.9. The number of carbonyl (C=O) groups excluding carboxylic acids is 4. The van der Waals surface area contributed by atoms with Gasteiger partial charge in [0.1, 0.15) is 6.04 Å². The third-order valence-electron chi connectivity index (χ3n) is 6.67. The van der Waals surface area contributed by atoms with Gasteiger partial charge in [0.2, 0.25) is 11.8 Å². The molecule has 2 aromatic carbocycles. The molecular weight excluding hydrogens is 420 g/mol. The molecule has 5 rings (SSSR count). The Morgan fingerprint density at radius 2 is 1.61 bits per heavy atom. The van der Waals surface area contributed by atoms with Crippen molar-refractivity contribution in [2.75, 3.05) is 13.1 Å². The van der Waals surface area contributed by atoms with Crippen LogP contribution >= 0.6 is 0 Å². The molecule has 8 heteroatoms. The predicted octanol–water partition coefficient (Wildman–Crippen LogP) is 1.45. The van der Waals surface area contributed by atoms with Crippen molar-refractivity contribution in [3.8, 4) is 0 Å². The third kappa shape index (κ3) is 4.19. The van der Waals surface area contributed by atoms with Crippen molar-refractivity contribution in [2.45, 2.75) is 44.3 Å². The first-order chi connectivity index (χ1) is 16.0. The van der Waals surface area contributed by atoms with Crippen LogP contribution in [0.3, 0.4) is 0 Å². The van der Waals surface area contributed by atoms with Crippen molar-refractivity contribution >= 4 is 23.6 Å². The number of nitrogens with one attached hydrogen (secondary N) is 3. The SMILES string of the molecule is O=C1CCC(N2C(=O)c3ccc(CNCc4ccc(C5CCNC5)cc4)cc3C2=O)C(=O)N1. The van der Waals surface area contributed by atoms with Gasteiger partial charge in [0.25, 0.3) is 11.8 Å². The lowest BCUT2D eigenvalue weighted by atomic mass is 9.97. The first kappa shape index (κ1) is 21.5. The summed E-state index contributed by atoms with van der Waals surface area (Å²) >= 11 is 0. The van der Waals surface area contributed by atoms with E-state index in [2.05, 4.69) is 40.2 Å². The van der Waals surface area contributed by atoms with E-state index in [4.69, 9.17) is 0 Å². The second-order valence-electron chi connectivity index (χ2n) is 8.86. The quantitative estimate of drug-likeness (QED) is 0.580. The van der Waals surface area contributed by atoms with Gasteiger partial charge in [-0.2, -0.15) is 0 Å². The number of nitrogens with zero attached hydrogens (tertiary/aromatic N) is 1. The summed E-state index contributed by atoms with van der Waals surface area (Å²) in [6, 6.07) is 12.9. The summed E-state index contributed by atoms with van der Waals surface area (Å²) in [6.45, 7) is 3.35. The molecule has 2 atom stereocenters. The maximum Gasteiger partial charge on any atom is 0.262 e. The van der Waals surface area contributed by atoms with E-state index in [0.717, 1.165) is 23.6 Å². The molecule has 3 N–H and O–H groups in total. The molecule has 3 heterocycles. The predicted molar refractivity (Wildman–Crippen MR) is 120 cm³/mol. The smallest absolute Gasteiger partial charge is 0.262 e. The van der Waals surface area contributed by atoms with Crippen LogP contribution in [0, 0.1) is 0 Å². The Morgan fingerprint density at radius 3 is 2.33 bits per heavy atom. The van der Waals surface area contributed by atoms with E-state index in [-0.39, 0.29) is 18.7 Å². The number of carbonyl (C=O) groups is 4. The highest BCUT2D eigenvalue weighted by atomic mass is 16.2. The molecule has 2 saturated heterocycles. The normalized spacial score (nSPS) is 22.6. The fraction of sp³-hybridized carbons (Fsp3) is 0.360. The molecule has 3 aliphatic rings. The second-order valence-corrected chi connectivity index (χ2v) is 8.86. The molecule has 8 nitrogen and oxygen atoms in total. The van der Waals surface area contributed by atoms with Gasteiger partial charge in [-0.1, -0.05) is 30.3 Å². The van der Waals surface area contributed by atoms with E-state index in [9.17, 15) is 19.2 Å². The van der Waals surface area contributed by atoms with Gasteiger partial charge < -0.3 is 10.6 Å². The summed E-state index contributed by atoms with van der Waals surface area (Å²) in [6.07, 6.45) is 1.44. The number of rotatable bonds is 6. The van der Waals surface area contributed by atoms with Crippen molar-refractivity contribution < 1.29 is 19.2 Å². The van der Waals surface area contributed by atoms with Gasteiger partial charge in [-0.3, -0.25) is 29.4 Å². The van der Waals surface area contributed by atoms with Crippen LogP contribution in [0.2, 0.25) is 0 Å². The highest BCUT2D eigenvalue weighted by Gasteiger charge is 2.44. The summed E-state index contributed by atoms with van der Waals surface area (Å²) in [5.74, 6) is -1.35. The van der Waals surface area contributed by atoms with Crippen LogP contribution < -0.4 is 16.0 Å². The minimum atomic E-state index is -0.945. The molecule has 4 amide bonds. The van der Waals surface area contributed by atoms with Crippen LogP contribution in [0.25, 0.3) is 0 Å². The molecule has 0 bridgehead atoms. The lowest BCUT2D eigenvalue weighted by Gasteiger charge is -2.27. The first-order valence-corrected chi connectivity index (χ1v) is 11.4. The zero-order chi connectivity index (χ0) is 22.9. The largest absolute Gasteiger partial charge is 0.316 e. The standard InChI is InChI=1S/C25H26N4O4/c30-22-8-7-21(23(31)28-22)29-24(32)19-6-3-16(11-20(19)25(29)33)13-27-12-15-1-4-17(5-2-15)18-9-10-26-14-18/h1-6,11,18,21,26-27H,7-10,12-14H2,(H,28,30,31). The molecule has 33 heavy (non-hydrogen) atoms. The average molecular weight is 447 g/mol. The van der Waals surface area contributed by atoms with Crippen molar-refractivity contribution in [3.05, 3.63) is 70.3 Å². The molecule has 2 unspecified atom stereocenters. The zero-order valence-corrected chi connectivity index (χ0v) is 18.2. The number of hydrogen-bond acceptors (Lipinski definition) is 6. The van der Waals surface area contributed by atoms with Gasteiger partial charge in [0.15, 0.2) is 0 Å². The van der Waals surface area contributed by atoms with Crippen LogP contribution in [0.15, 0.2) is 42.5 Å². The van der Waals surface area contributed by atoms with E-state index >= 15 is 0 Å². The highest BCUT2D eigenvalue weighted by Crippen LogP contribution is 2.28. The molecule has 0 aromatic heterocycles. The lowest BCUT2D eigenvalue weighted by Crippen LogP contribution is -2.54. The Morgan fingerprint density at radius 1 is 0.879 bits per heavy atom. The number of hydrogen-bond donors (Lipinski definition) is 3. The van der Waals surface area contributed by atoms with E-state index in [1.165, 1.54) is 17.5 Å². The van der Waals surface area contributed by atoms with E-state index in [1.54, 1.807) is 12.1 Å². The highest BCUT2D eigenvalue weighted by molar-refractivity contribution is 6.23. The van der Waals surface area contributed by atoms with E-state index < -0.39 is 23.8 Å². The topological polar surface area (TPSA) is 108 Å². The van der Waals surface area contributed by atoms with Crippen molar-refractivity contribution in [1.29, 1.82) is 0 Å². The minimum Gasteiger partial charge on any atom is -0.316 e. The van der Waals surface area contributed by atoms with Crippen LogP contribution in [0.4, 0.5) is 0 Å². The molecule has 0 aliphatic carbocycles. The molecule has 2 aromatic rings. The lowest BCUT2D eigenvalue weighted by molar-refractivity contribution is -0.136. The Labute approximate surface area is 191 Å². The fourth-order valence-corrected chi connectivity index (χ4v) is 4.83. The van der Waals surface area contributed by atoms with Gasteiger partial charge >= 0.3 is 0 Å². The number of imide groups is 2. The number of benzene rings is 2. The zero-order valence-electron chi connectivity index (χ0n) is 18.2. The molecule has 0 saturated carbocycles. The van der Waals surface area contributed by atoms with Crippen LogP contribution in [0.5, 0.6) is 0 Å². The van der Waals surface area contributed by atoms with Gasteiger partial charge in [-0.15, -0.1) is 0 Å². The molecular formula is C25H26N4O4. The number of amides is 4. The van der Waals surface area contributed by atoms with Crippen LogP contribution in [-0.2, 0) is 22.7 Å². The van der Waals surface area contributed by atoms with Crippen LogP contribution in [-0.4, -0.2) is 47.7 Å². The molecule has 3 aliphatic heterocycles. The van der Waals surface area contributed by atoms with Gasteiger partial charge in [0.05, 0.1) is 11.1 Å². The van der Waals surface area contributed by atoms with E-state index in [1.807, 2.05) is 6.07 Å². The Hall–Kier alpha value is -3.36. The van der Waals surface area contributed by atoms with Gasteiger partial charge in [-0.25, -0.2) is 0 Å². The fourth-order valence-electron chi connectivity index (χ4n) is 4.83. The van der Waals surface area contributed by atoms with Gasteiger partial charge in [0, 0.05) is 26.1 Å². The third-order valence-corrected chi connectivity index (χ3v) is 6.67. The Kier molecular flexibility index (Phi) is 5.78. The summed E-state index contributed by atoms with van der Waals surface area (Å²) in [7, 11) is 0. The summed E-state index contributed by atoms with van der Waals surface area (Å²) in [5, 5.41) is 8.99. The summed E-state index contributed by atoms with van der Waals surface area (Å²) in [5.41, 5.74) is 4.03. The van der Waals surface area contributed by atoms with Crippen LogP contribution in [0.1, 0.15) is 62.6 Å². The van der Waals surface area contributed by atoms with E-state index in [0.29, 0.717) is 30.1 Å².